The summed E-state index contributed by atoms with van der Waals surface area (Å²) in [6.45, 7) is 4.38. The van der Waals surface area contributed by atoms with E-state index in [0.29, 0.717) is 41.2 Å². The van der Waals surface area contributed by atoms with Crippen LogP contribution in [0, 0.1) is 0 Å². The molecule has 0 radical (unpaired) electrons. The van der Waals surface area contributed by atoms with Crippen LogP contribution in [0.1, 0.15) is 37.4 Å². The SMILES string of the molecule is CCCN1C(=O)NC(c2ccc(NC(=O)Nc3ccc(Br)cc3)cc2)C(C(=O)OCC)=C1c1ccccc1. The molecule has 196 valence electrons. The number of carbonyl (C=O) groups is 3. The number of nitrogens with zero attached hydrogens (tertiary/aromatic N) is 1. The van der Waals surface area contributed by atoms with Gasteiger partial charge in [-0.05, 0) is 60.9 Å². The van der Waals surface area contributed by atoms with Crippen LogP contribution in [0.5, 0.6) is 0 Å². The van der Waals surface area contributed by atoms with Gasteiger partial charge in [-0.3, -0.25) is 4.90 Å². The number of benzene rings is 3. The average Bonchev–Trinajstić information content (AvgIpc) is 2.92. The Kier molecular flexibility index (Phi) is 8.81. The van der Waals surface area contributed by atoms with Crippen LogP contribution in [0.4, 0.5) is 21.0 Å². The van der Waals surface area contributed by atoms with Gasteiger partial charge in [0.25, 0.3) is 0 Å². The number of hydrogen-bond donors (Lipinski definition) is 3. The third kappa shape index (κ3) is 6.23. The van der Waals surface area contributed by atoms with E-state index in [1.54, 1.807) is 48.2 Å². The Morgan fingerprint density at radius 3 is 2.11 bits per heavy atom. The van der Waals surface area contributed by atoms with Gasteiger partial charge in [-0.1, -0.05) is 65.3 Å². The molecule has 0 saturated heterocycles. The molecule has 0 bridgehead atoms. The summed E-state index contributed by atoms with van der Waals surface area (Å²) in [7, 11) is 0. The number of ether oxygens (including phenoxy) is 1. The Labute approximate surface area is 230 Å². The van der Waals surface area contributed by atoms with Crippen LogP contribution < -0.4 is 16.0 Å². The first kappa shape index (κ1) is 26.9. The summed E-state index contributed by atoms with van der Waals surface area (Å²) in [5.74, 6) is -0.492. The number of carbonyl (C=O) groups excluding carboxylic acids is 3. The molecule has 1 atom stereocenters. The number of anilines is 2. The van der Waals surface area contributed by atoms with Crippen LogP contribution in [-0.2, 0) is 9.53 Å². The Hall–Kier alpha value is -4.11. The highest BCUT2D eigenvalue weighted by Gasteiger charge is 2.38. The first-order valence-electron chi connectivity index (χ1n) is 12.4. The zero-order valence-corrected chi connectivity index (χ0v) is 22.7. The second-order valence-electron chi connectivity index (χ2n) is 8.59. The minimum Gasteiger partial charge on any atom is -0.463 e. The van der Waals surface area contributed by atoms with E-state index >= 15 is 0 Å². The van der Waals surface area contributed by atoms with Gasteiger partial charge in [0.05, 0.1) is 23.9 Å². The van der Waals surface area contributed by atoms with Gasteiger partial charge in [-0.25, -0.2) is 14.4 Å². The highest BCUT2D eigenvalue weighted by molar-refractivity contribution is 9.10. The monoisotopic (exact) mass is 576 g/mol. The van der Waals surface area contributed by atoms with Crippen LogP contribution in [0.2, 0.25) is 0 Å². The second-order valence-corrected chi connectivity index (χ2v) is 9.51. The summed E-state index contributed by atoms with van der Waals surface area (Å²) in [5.41, 5.74) is 3.55. The molecule has 3 N–H and O–H groups in total. The summed E-state index contributed by atoms with van der Waals surface area (Å²) in [6.07, 6.45) is 0.715. The minimum atomic E-state index is -0.726. The van der Waals surface area contributed by atoms with Gasteiger partial charge in [0.1, 0.15) is 0 Å². The Bertz CT molecular complexity index is 1320. The summed E-state index contributed by atoms with van der Waals surface area (Å²) >= 11 is 3.37. The number of amides is 4. The summed E-state index contributed by atoms with van der Waals surface area (Å²) in [6, 6.07) is 22.2. The minimum absolute atomic E-state index is 0.204. The number of nitrogens with one attached hydrogen (secondary N) is 3. The van der Waals surface area contributed by atoms with E-state index in [2.05, 4.69) is 31.9 Å². The van der Waals surface area contributed by atoms with Crippen LogP contribution in [0.25, 0.3) is 5.70 Å². The molecule has 1 heterocycles. The summed E-state index contributed by atoms with van der Waals surface area (Å²) in [5, 5.41) is 8.55. The molecule has 1 aliphatic heterocycles. The van der Waals surface area contributed by atoms with Crippen molar-refractivity contribution in [2.75, 3.05) is 23.8 Å². The normalized spacial score (nSPS) is 15.1. The molecule has 4 rings (SSSR count). The van der Waals surface area contributed by atoms with Crippen molar-refractivity contribution < 1.29 is 19.1 Å². The molecule has 3 aromatic rings. The quantitative estimate of drug-likeness (QED) is 0.265. The molecule has 3 aromatic carbocycles. The first-order valence-corrected chi connectivity index (χ1v) is 13.2. The van der Waals surface area contributed by atoms with Crippen LogP contribution >= 0.6 is 15.9 Å². The average molecular weight is 577 g/mol. The molecule has 9 heteroatoms. The molecule has 0 spiro atoms. The van der Waals surface area contributed by atoms with Gasteiger partial charge < -0.3 is 20.7 Å². The van der Waals surface area contributed by atoms with Crippen molar-refractivity contribution in [3.63, 3.8) is 0 Å². The maximum atomic E-state index is 13.3. The van der Waals surface area contributed by atoms with Gasteiger partial charge in [-0.15, -0.1) is 0 Å². The lowest BCUT2D eigenvalue weighted by Gasteiger charge is -2.36. The van der Waals surface area contributed by atoms with Gasteiger partial charge in [-0.2, -0.15) is 0 Å². The van der Waals surface area contributed by atoms with Crippen molar-refractivity contribution >= 4 is 51.0 Å². The van der Waals surface area contributed by atoms with Crippen molar-refractivity contribution in [2.24, 2.45) is 0 Å². The maximum absolute atomic E-state index is 13.3. The largest absolute Gasteiger partial charge is 0.463 e. The molecule has 1 aliphatic rings. The van der Waals surface area contributed by atoms with Crippen molar-refractivity contribution in [3.8, 4) is 0 Å². The van der Waals surface area contributed by atoms with Gasteiger partial charge in [0.15, 0.2) is 0 Å². The zero-order chi connectivity index (χ0) is 27.1. The van der Waals surface area contributed by atoms with Crippen LogP contribution in [0.15, 0.2) is 88.9 Å². The molecule has 8 nitrogen and oxygen atoms in total. The summed E-state index contributed by atoms with van der Waals surface area (Å²) < 4.78 is 6.36. The molecule has 0 aromatic heterocycles. The molecular weight excluding hydrogens is 548 g/mol. The predicted molar refractivity (Wildman–Crippen MR) is 151 cm³/mol. The van der Waals surface area contributed by atoms with Crippen LogP contribution in [0.3, 0.4) is 0 Å². The van der Waals surface area contributed by atoms with E-state index in [-0.39, 0.29) is 18.7 Å². The molecular formula is C29H29BrN4O4. The van der Waals surface area contributed by atoms with Crippen LogP contribution in [-0.4, -0.2) is 36.1 Å². The highest BCUT2D eigenvalue weighted by Crippen LogP contribution is 2.37. The molecule has 4 amide bonds. The van der Waals surface area contributed by atoms with Gasteiger partial charge >= 0.3 is 18.0 Å². The van der Waals surface area contributed by atoms with Gasteiger partial charge in [0, 0.05) is 22.4 Å². The van der Waals surface area contributed by atoms with E-state index < -0.39 is 12.0 Å². The predicted octanol–water partition coefficient (Wildman–Crippen LogP) is 6.54. The van der Waals surface area contributed by atoms with E-state index in [9.17, 15) is 14.4 Å². The number of rotatable bonds is 8. The van der Waals surface area contributed by atoms with E-state index in [0.717, 1.165) is 10.0 Å². The number of hydrogen-bond acceptors (Lipinski definition) is 4. The first-order chi connectivity index (χ1) is 18.4. The lowest BCUT2D eigenvalue weighted by Crippen LogP contribution is -2.48. The fourth-order valence-corrected chi connectivity index (χ4v) is 4.52. The third-order valence-electron chi connectivity index (χ3n) is 5.92. The lowest BCUT2D eigenvalue weighted by molar-refractivity contribution is -0.138. The molecule has 1 unspecified atom stereocenters. The molecule has 0 aliphatic carbocycles. The third-order valence-corrected chi connectivity index (χ3v) is 6.45. The summed E-state index contributed by atoms with van der Waals surface area (Å²) in [4.78, 5) is 40.6. The smallest absolute Gasteiger partial charge is 0.338 e. The second kappa shape index (κ2) is 12.4. The van der Waals surface area contributed by atoms with E-state index in [4.69, 9.17) is 4.74 Å². The van der Waals surface area contributed by atoms with Crippen molar-refractivity contribution in [3.05, 3.63) is 100 Å². The van der Waals surface area contributed by atoms with Crippen molar-refractivity contribution in [1.29, 1.82) is 0 Å². The standard InChI is InChI=1S/C29H29BrN4O4/c1-3-18-34-26(20-8-6-5-7-9-20)24(27(35)38-4-2)25(33-29(34)37)19-10-14-22(15-11-19)31-28(36)32-23-16-12-21(30)13-17-23/h5-17,25H,3-4,18H2,1-2H3,(H,33,37)(H2,31,32,36). The Balaban J connectivity index is 1.65. The lowest BCUT2D eigenvalue weighted by atomic mass is 9.91. The molecule has 0 fully saturated rings. The topological polar surface area (TPSA) is 99.8 Å². The molecule has 0 saturated carbocycles. The fraction of sp³-hybridized carbons (Fsp3) is 0.207. The molecule has 38 heavy (non-hydrogen) atoms. The number of halogens is 1. The fourth-order valence-electron chi connectivity index (χ4n) is 4.26. The maximum Gasteiger partial charge on any atom is 0.338 e. The van der Waals surface area contributed by atoms with Crippen molar-refractivity contribution in [1.82, 2.24) is 10.2 Å². The van der Waals surface area contributed by atoms with Gasteiger partial charge in [0.2, 0.25) is 0 Å². The number of esters is 1. The highest BCUT2D eigenvalue weighted by atomic mass is 79.9. The zero-order valence-electron chi connectivity index (χ0n) is 21.2. The Morgan fingerprint density at radius 1 is 0.921 bits per heavy atom. The van der Waals surface area contributed by atoms with E-state index in [1.165, 1.54) is 0 Å². The van der Waals surface area contributed by atoms with Crippen molar-refractivity contribution in [2.45, 2.75) is 26.3 Å². The van der Waals surface area contributed by atoms with E-state index in [1.807, 2.05) is 49.4 Å². The number of urea groups is 2. The Morgan fingerprint density at radius 2 is 1.53 bits per heavy atom.